The number of nitrogens with zero attached hydrogens (tertiary/aromatic N) is 3. The van der Waals surface area contributed by atoms with Crippen molar-refractivity contribution in [2.75, 3.05) is 32.7 Å². The molecule has 5 heterocycles. The van der Waals surface area contributed by atoms with E-state index in [4.69, 9.17) is 0 Å². The Balaban J connectivity index is 1.43. The smallest absolute Gasteiger partial charge is 0.325 e. The van der Waals surface area contributed by atoms with Gasteiger partial charge in [0.15, 0.2) is 0 Å². The van der Waals surface area contributed by atoms with Crippen LogP contribution in [-0.2, 0) is 9.59 Å². The van der Waals surface area contributed by atoms with E-state index in [-0.39, 0.29) is 36.9 Å². The van der Waals surface area contributed by atoms with Gasteiger partial charge in [-0.3, -0.25) is 19.4 Å². The molecule has 0 aliphatic carbocycles. The Kier molecular flexibility index (Phi) is 4.16. The van der Waals surface area contributed by atoms with E-state index in [1.165, 1.54) is 11.1 Å². The van der Waals surface area contributed by atoms with Gasteiger partial charge in [-0.1, -0.05) is 29.8 Å². The van der Waals surface area contributed by atoms with Crippen LogP contribution in [0.2, 0.25) is 0 Å². The lowest BCUT2D eigenvalue weighted by atomic mass is 9.75. The Morgan fingerprint density at radius 2 is 1.82 bits per heavy atom. The van der Waals surface area contributed by atoms with Crippen LogP contribution < -0.4 is 5.32 Å². The third kappa shape index (κ3) is 2.71. The molecule has 148 valence electrons. The quantitative estimate of drug-likeness (QED) is 0.790. The zero-order valence-corrected chi connectivity index (χ0v) is 16.1. The second kappa shape index (κ2) is 6.58. The van der Waals surface area contributed by atoms with Gasteiger partial charge in [-0.25, -0.2) is 4.79 Å². The average Bonchev–Trinajstić information content (AvgIpc) is 3.27. The highest BCUT2D eigenvalue weighted by atomic mass is 16.2. The number of aryl methyl sites for hydroxylation is 1. The molecule has 1 aromatic carbocycles. The van der Waals surface area contributed by atoms with E-state index < -0.39 is 6.03 Å². The fraction of sp³-hybridized carbons (Fsp3) is 0.571. The van der Waals surface area contributed by atoms with Crippen LogP contribution in [0.5, 0.6) is 0 Å². The third-order valence-electron chi connectivity index (χ3n) is 7.05. The summed E-state index contributed by atoms with van der Waals surface area (Å²) >= 11 is 0. The number of fused-ring (bicyclic) bond motifs is 2. The van der Waals surface area contributed by atoms with E-state index >= 15 is 0 Å². The van der Waals surface area contributed by atoms with Crippen LogP contribution in [0.25, 0.3) is 0 Å². The van der Waals surface area contributed by atoms with Gasteiger partial charge in [0, 0.05) is 18.5 Å². The monoisotopic (exact) mass is 382 g/mol. The molecule has 0 saturated carbocycles. The van der Waals surface area contributed by atoms with Gasteiger partial charge in [0.2, 0.25) is 5.91 Å². The zero-order valence-electron chi connectivity index (χ0n) is 16.1. The molecule has 7 heteroatoms. The number of amides is 4. The normalized spacial score (nSPS) is 34.0. The van der Waals surface area contributed by atoms with Crippen molar-refractivity contribution >= 4 is 17.8 Å². The van der Waals surface area contributed by atoms with Crippen LogP contribution in [0.4, 0.5) is 4.79 Å². The standard InChI is InChI=1S/C21H26N4O3/c1-13-2-4-14(5-3-13)16-11-24(18(27)12-25-17(26)10-22-21(25)28)19-15-6-8-23(9-7-15)20(16)19/h2-5,15-16,19-20H,6-12H2,1H3,(H,22,28)/t16-,19-,20-/m1/s1. The highest BCUT2D eigenvalue weighted by molar-refractivity contribution is 6.04. The van der Waals surface area contributed by atoms with Crippen molar-refractivity contribution in [3.63, 3.8) is 0 Å². The van der Waals surface area contributed by atoms with Crippen molar-refractivity contribution < 1.29 is 14.4 Å². The van der Waals surface area contributed by atoms with Crippen molar-refractivity contribution in [3.8, 4) is 0 Å². The lowest BCUT2D eigenvalue weighted by molar-refractivity contribution is -0.140. The topological polar surface area (TPSA) is 73.0 Å². The number of piperidine rings is 3. The Morgan fingerprint density at radius 3 is 2.46 bits per heavy atom. The number of likely N-dealkylation sites (tertiary alicyclic amines) is 1. The van der Waals surface area contributed by atoms with Gasteiger partial charge in [0.1, 0.15) is 6.54 Å². The minimum Gasteiger partial charge on any atom is -0.336 e. The highest BCUT2D eigenvalue weighted by Gasteiger charge is 2.54. The summed E-state index contributed by atoms with van der Waals surface area (Å²) in [6.07, 6.45) is 2.24. The molecule has 28 heavy (non-hydrogen) atoms. The first-order valence-corrected chi connectivity index (χ1v) is 10.2. The first-order valence-electron chi connectivity index (χ1n) is 10.2. The van der Waals surface area contributed by atoms with Crippen molar-refractivity contribution in [2.45, 2.75) is 37.8 Å². The maximum absolute atomic E-state index is 13.2. The Hall–Kier alpha value is -2.41. The van der Waals surface area contributed by atoms with Gasteiger partial charge in [0.25, 0.3) is 5.91 Å². The van der Waals surface area contributed by atoms with Crippen molar-refractivity contribution in [3.05, 3.63) is 35.4 Å². The molecule has 2 bridgehead atoms. The number of hydrogen-bond acceptors (Lipinski definition) is 4. The molecule has 6 rings (SSSR count). The van der Waals surface area contributed by atoms with Gasteiger partial charge in [-0.15, -0.1) is 0 Å². The number of carbonyl (C=O) groups excluding carboxylic acids is 3. The number of benzene rings is 1. The van der Waals surface area contributed by atoms with Crippen LogP contribution in [0.15, 0.2) is 24.3 Å². The van der Waals surface area contributed by atoms with Crippen LogP contribution in [0, 0.1) is 12.8 Å². The second-order valence-corrected chi connectivity index (χ2v) is 8.56. The maximum atomic E-state index is 13.2. The van der Waals surface area contributed by atoms with E-state index in [9.17, 15) is 14.4 Å². The van der Waals surface area contributed by atoms with Gasteiger partial charge < -0.3 is 10.2 Å². The summed E-state index contributed by atoms with van der Waals surface area (Å²) in [5.74, 6) is 0.361. The molecule has 5 aliphatic rings. The number of carbonyl (C=O) groups is 3. The Bertz CT molecular complexity index is 799. The molecule has 3 atom stereocenters. The predicted octanol–water partition coefficient (Wildman–Crippen LogP) is 0.935. The highest BCUT2D eigenvalue weighted by Crippen LogP contribution is 2.46. The van der Waals surface area contributed by atoms with Crippen LogP contribution in [-0.4, -0.2) is 77.4 Å². The van der Waals surface area contributed by atoms with Gasteiger partial charge in [-0.05, 0) is 44.3 Å². The molecule has 0 spiro atoms. The van der Waals surface area contributed by atoms with Crippen molar-refractivity contribution in [1.29, 1.82) is 0 Å². The molecule has 0 aromatic heterocycles. The van der Waals surface area contributed by atoms with Gasteiger partial charge >= 0.3 is 6.03 Å². The average molecular weight is 382 g/mol. The summed E-state index contributed by atoms with van der Waals surface area (Å²) in [6, 6.07) is 8.71. The maximum Gasteiger partial charge on any atom is 0.325 e. The van der Waals surface area contributed by atoms with Crippen molar-refractivity contribution in [2.24, 2.45) is 5.92 Å². The molecular formula is C21H26N4O3. The summed E-state index contributed by atoms with van der Waals surface area (Å²) in [6.45, 7) is 4.78. The molecule has 5 aliphatic heterocycles. The summed E-state index contributed by atoms with van der Waals surface area (Å²) in [5, 5.41) is 2.50. The van der Waals surface area contributed by atoms with E-state index in [1.54, 1.807) is 0 Å². The number of nitrogens with one attached hydrogen (secondary N) is 1. The van der Waals surface area contributed by atoms with E-state index in [0.717, 1.165) is 30.8 Å². The second-order valence-electron chi connectivity index (χ2n) is 8.56. The molecule has 5 fully saturated rings. The molecule has 5 saturated heterocycles. The van der Waals surface area contributed by atoms with Gasteiger partial charge in [-0.2, -0.15) is 0 Å². The predicted molar refractivity (Wildman–Crippen MR) is 103 cm³/mol. The zero-order chi connectivity index (χ0) is 19.4. The number of imide groups is 1. The van der Waals surface area contributed by atoms with Crippen LogP contribution >= 0.6 is 0 Å². The third-order valence-corrected chi connectivity index (χ3v) is 7.05. The SMILES string of the molecule is Cc1ccc([C@H]2CN(C(=O)CN3C(=O)CNC3=O)[C@@H]3C4CCN(CC4)[C@H]23)cc1. The molecule has 4 amide bonds. The molecule has 1 N–H and O–H groups in total. The van der Waals surface area contributed by atoms with Gasteiger partial charge in [0.05, 0.1) is 12.6 Å². The van der Waals surface area contributed by atoms with E-state index in [1.807, 2.05) is 4.90 Å². The van der Waals surface area contributed by atoms with Crippen LogP contribution in [0.3, 0.4) is 0 Å². The Morgan fingerprint density at radius 1 is 1.11 bits per heavy atom. The fourth-order valence-electron chi connectivity index (χ4n) is 5.65. The Labute approximate surface area is 164 Å². The summed E-state index contributed by atoms with van der Waals surface area (Å²) in [7, 11) is 0. The number of urea groups is 1. The molecule has 0 unspecified atom stereocenters. The lowest BCUT2D eigenvalue weighted by Crippen LogP contribution is -2.61. The lowest BCUT2D eigenvalue weighted by Gasteiger charge is -2.51. The first-order chi connectivity index (χ1) is 13.5. The van der Waals surface area contributed by atoms with E-state index in [2.05, 4.69) is 41.4 Å². The molecular weight excluding hydrogens is 356 g/mol. The fourth-order valence-corrected chi connectivity index (χ4v) is 5.65. The minimum atomic E-state index is -0.460. The minimum absolute atomic E-state index is 0.0133. The molecule has 7 nitrogen and oxygen atoms in total. The number of hydrogen-bond donors (Lipinski definition) is 1. The summed E-state index contributed by atoms with van der Waals surface area (Å²) in [5.41, 5.74) is 2.51. The largest absolute Gasteiger partial charge is 0.336 e. The molecule has 0 radical (unpaired) electrons. The molecule has 1 aromatic rings. The summed E-state index contributed by atoms with van der Waals surface area (Å²) in [4.78, 5) is 42.6. The first kappa shape index (κ1) is 17.7. The van der Waals surface area contributed by atoms with Crippen molar-refractivity contribution in [1.82, 2.24) is 20.0 Å². The number of rotatable bonds is 3. The summed E-state index contributed by atoms with van der Waals surface area (Å²) < 4.78 is 0. The van der Waals surface area contributed by atoms with Crippen LogP contribution in [0.1, 0.15) is 29.9 Å². The van der Waals surface area contributed by atoms with E-state index in [0.29, 0.717) is 18.5 Å².